The van der Waals surface area contributed by atoms with Crippen LogP contribution in [-0.4, -0.2) is 15.3 Å². The van der Waals surface area contributed by atoms with Crippen molar-refractivity contribution in [2.75, 3.05) is 0 Å². The first-order valence-corrected chi connectivity index (χ1v) is 5.05. The number of imidazole rings is 1. The highest BCUT2D eigenvalue weighted by atomic mass is 16.1. The number of rotatable bonds is 1. The molecule has 2 aromatic rings. The molecule has 0 spiro atoms. The third-order valence-corrected chi connectivity index (χ3v) is 2.52. The van der Waals surface area contributed by atoms with Gasteiger partial charge in [0, 0.05) is 27.2 Å². The van der Waals surface area contributed by atoms with Gasteiger partial charge in [-0.05, 0) is 17.7 Å². The highest BCUT2D eigenvalue weighted by molar-refractivity contribution is 5.87. The molecule has 0 saturated carbocycles. The van der Waals surface area contributed by atoms with Crippen molar-refractivity contribution in [1.29, 1.82) is 10.5 Å². The predicted octanol–water partition coefficient (Wildman–Crippen LogP) is 0.449. The first-order chi connectivity index (χ1) is 9.15. The predicted molar refractivity (Wildman–Crippen MR) is 73.3 cm³/mol. The maximum absolute atomic E-state index is 11.6. The molecule has 1 heterocycles. The van der Waals surface area contributed by atoms with Gasteiger partial charge in [-0.2, -0.15) is 5.10 Å². The highest BCUT2D eigenvalue weighted by Gasteiger charge is 2.06. The Bertz CT molecular complexity index is 668. The monoisotopic (exact) mass is 258 g/mol. The van der Waals surface area contributed by atoms with Crippen LogP contribution in [0.3, 0.4) is 0 Å². The number of nitrogens with zero attached hydrogens (tertiary/aromatic N) is 5. The van der Waals surface area contributed by atoms with E-state index in [2.05, 4.69) is 18.2 Å². The number of aryl methyl sites for hydroxylation is 2. The van der Waals surface area contributed by atoms with Gasteiger partial charge in [0.2, 0.25) is 0 Å². The van der Waals surface area contributed by atoms with Crippen LogP contribution in [-0.2, 0) is 14.1 Å². The van der Waals surface area contributed by atoms with Gasteiger partial charge >= 0.3 is 5.69 Å². The summed E-state index contributed by atoms with van der Waals surface area (Å²) < 4.78 is 3.21. The largest absolute Gasteiger partial charge is 0.328 e. The van der Waals surface area contributed by atoms with Crippen LogP contribution >= 0.6 is 0 Å². The third-order valence-electron chi connectivity index (χ3n) is 2.52. The minimum absolute atomic E-state index is 0.0353. The van der Waals surface area contributed by atoms with Crippen LogP contribution in [0.1, 0.15) is 5.56 Å². The molecule has 2 rings (SSSR count). The summed E-state index contributed by atoms with van der Waals surface area (Å²) >= 11 is 0. The molecular formula is C12H14N6O. The van der Waals surface area contributed by atoms with Gasteiger partial charge < -0.3 is 5.84 Å². The van der Waals surface area contributed by atoms with Gasteiger partial charge in [-0.25, -0.2) is 15.3 Å². The maximum Gasteiger partial charge on any atom is 0.328 e. The number of aromatic nitrogens is 2. The average molecular weight is 258 g/mol. The fourth-order valence-electron chi connectivity index (χ4n) is 1.69. The molecule has 0 bridgehead atoms. The second-order valence-electron chi connectivity index (χ2n) is 3.43. The lowest BCUT2D eigenvalue weighted by atomic mass is 10.2. The number of nitriles is 2. The Morgan fingerprint density at radius 2 is 1.68 bits per heavy atom. The molecule has 7 heteroatoms. The fraction of sp³-hybridized carbons (Fsp3) is 0.167. The summed E-state index contributed by atoms with van der Waals surface area (Å²) in [5.74, 6) is 5.07. The first-order valence-electron chi connectivity index (χ1n) is 5.05. The molecule has 19 heavy (non-hydrogen) atoms. The Hall–Kier alpha value is -3.06. The molecule has 1 aromatic heterocycles. The zero-order valence-electron chi connectivity index (χ0n) is 10.7. The van der Waals surface area contributed by atoms with Gasteiger partial charge in [-0.15, -0.1) is 0 Å². The second-order valence-corrected chi connectivity index (χ2v) is 3.43. The van der Waals surface area contributed by atoms with E-state index in [1.807, 2.05) is 18.2 Å². The standard InChI is InChI=1S/C10H12N4O.2CHN/c1-13-8-4-3-7(6-12-11)5-9(8)14(2)10(13)15;2*1-2/h3-6H,11H2,1-2H3;2*1H. The van der Waals surface area contributed by atoms with E-state index in [1.54, 1.807) is 29.4 Å². The van der Waals surface area contributed by atoms with Crippen molar-refractivity contribution in [3.05, 3.63) is 34.2 Å². The molecule has 2 N–H and O–H groups in total. The van der Waals surface area contributed by atoms with Crippen LogP contribution in [0.25, 0.3) is 11.0 Å². The number of hydrogen-bond acceptors (Lipinski definition) is 5. The van der Waals surface area contributed by atoms with E-state index >= 15 is 0 Å². The van der Waals surface area contributed by atoms with E-state index in [4.69, 9.17) is 16.4 Å². The van der Waals surface area contributed by atoms with Gasteiger partial charge in [0.25, 0.3) is 0 Å². The molecule has 0 saturated heterocycles. The lowest BCUT2D eigenvalue weighted by molar-refractivity contribution is 0.795. The molecule has 0 fully saturated rings. The lowest BCUT2D eigenvalue weighted by Crippen LogP contribution is -2.19. The first kappa shape index (κ1) is 15.9. The SMILES string of the molecule is C#N.C#N.Cn1c(=O)n(C)c2cc(C=NN)ccc21. The van der Waals surface area contributed by atoms with Crippen LogP contribution in [0.4, 0.5) is 0 Å². The van der Waals surface area contributed by atoms with Gasteiger partial charge in [0.15, 0.2) is 0 Å². The van der Waals surface area contributed by atoms with Crippen molar-refractivity contribution < 1.29 is 0 Å². The summed E-state index contributed by atoms with van der Waals surface area (Å²) in [7, 11) is 3.50. The molecule has 1 aromatic carbocycles. The van der Waals surface area contributed by atoms with Crippen LogP contribution in [0.5, 0.6) is 0 Å². The summed E-state index contributed by atoms with van der Waals surface area (Å²) in [6.07, 6.45) is 1.55. The number of fused-ring (bicyclic) bond motifs is 1. The van der Waals surface area contributed by atoms with Crippen LogP contribution in [0.15, 0.2) is 28.1 Å². The molecule has 0 radical (unpaired) electrons. The molecule has 98 valence electrons. The Kier molecular flexibility index (Phi) is 6.13. The van der Waals surface area contributed by atoms with Crippen molar-refractivity contribution in [2.45, 2.75) is 0 Å². The molecule has 0 atom stereocenters. The van der Waals surface area contributed by atoms with E-state index in [-0.39, 0.29) is 5.69 Å². The zero-order chi connectivity index (χ0) is 15.0. The quantitative estimate of drug-likeness (QED) is 0.454. The molecule has 0 amide bonds. The summed E-state index contributed by atoms with van der Waals surface area (Å²) in [4.78, 5) is 11.6. The van der Waals surface area contributed by atoms with Gasteiger partial charge in [0.05, 0.1) is 17.2 Å². The highest BCUT2D eigenvalue weighted by Crippen LogP contribution is 2.12. The maximum atomic E-state index is 11.6. The average Bonchev–Trinajstić information content (AvgIpc) is 2.69. The minimum Gasteiger partial charge on any atom is -0.323 e. The Morgan fingerprint density at radius 3 is 2.21 bits per heavy atom. The van der Waals surface area contributed by atoms with E-state index < -0.39 is 0 Å². The fourth-order valence-corrected chi connectivity index (χ4v) is 1.69. The third kappa shape index (κ3) is 2.99. The van der Waals surface area contributed by atoms with Gasteiger partial charge in [0.1, 0.15) is 0 Å². The summed E-state index contributed by atoms with van der Waals surface area (Å²) in [6.45, 7) is 7.00. The number of hydrogen-bond donors (Lipinski definition) is 1. The zero-order valence-corrected chi connectivity index (χ0v) is 10.7. The topological polar surface area (TPSA) is 113 Å². The normalized spacial score (nSPS) is 9.37. The lowest BCUT2D eigenvalue weighted by Gasteiger charge is -1.96. The van der Waals surface area contributed by atoms with Gasteiger partial charge in [-0.3, -0.25) is 9.13 Å². The van der Waals surface area contributed by atoms with Crippen molar-refractivity contribution in [3.63, 3.8) is 0 Å². The molecule has 0 unspecified atom stereocenters. The van der Waals surface area contributed by atoms with Crippen LogP contribution in [0, 0.1) is 23.7 Å². The van der Waals surface area contributed by atoms with Crippen LogP contribution in [0.2, 0.25) is 0 Å². The number of benzene rings is 1. The van der Waals surface area contributed by atoms with E-state index in [1.165, 1.54) is 0 Å². The van der Waals surface area contributed by atoms with Crippen molar-refractivity contribution >= 4 is 17.2 Å². The molecule has 0 aliphatic carbocycles. The van der Waals surface area contributed by atoms with Crippen molar-refractivity contribution in [3.8, 4) is 13.1 Å². The molecule has 7 nitrogen and oxygen atoms in total. The molecular weight excluding hydrogens is 244 g/mol. The summed E-state index contributed by atoms with van der Waals surface area (Å²) in [5, 5.41) is 16.5. The minimum atomic E-state index is -0.0353. The van der Waals surface area contributed by atoms with Gasteiger partial charge in [-0.1, -0.05) is 6.07 Å². The summed E-state index contributed by atoms with van der Waals surface area (Å²) in [6, 6.07) is 5.64. The molecule has 0 aliphatic rings. The number of hydrazone groups is 1. The van der Waals surface area contributed by atoms with E-state index in [0.717, 1.165) is 16.6 Å². The Morgan fingerprint density at radius 1 is 1.16 bits per heavy atom. The van der Waals surface area contributed by atoms with Crippen molar-refractivity contribution in [1.82, 2.24) is 9.13 Å². The smallest absolute Gasteiger partial charge is 0.323 e. The number of nitrogens with two attached hydrogens (primary N) is 1. The Labute approximate surface area is 110 Å². The Balaban J connectivity index is 0.000000741. The van der Waals surface area contributed by atoms with E-state index in [0.29, 0.717) is 0 Å². The van der Waals surface area contributed by atoms with Crippen molar-refractivity contribution in [2.24, 2.45) is 25.0 Å². The molecule has 0 aliphatic heterocycles. The second kappa shape index (κ2) is 7.30. The van der Waals surface area contributed by atoms with Crippen LogP contribution < -0.4 is 11.5 Å². The van der Waals surface area contributed by atoms with E-state index in [9.17, 15) is 4.79 Å². The summed E-state index contributed by atoms with van der Waals surface area (Å²) in [5.41, 5.74) is 2.62.